The lowest BCUT2D eigenvalue weighted by molar-refractivity contribution is 0.446. The zero-order valence-corrected chi connectivity index (χ0v) is 8.27. The van der Waals surface area contributed by atoms with Crippen LogP contribution in [-0.2, 0) is 12.3 Å². The highest BCUT2D eigenvalue weighted by Gasteiger charge is 2.09. The van der Waals surface area contributed by atoms with Crippen molar-refractivity contribution >= 4 is 11.6 Å². The largest absolute Gasteiger partial charge is 0.448 e. The van der Waals surface area contributed by atoms with Crippen LogP contribution in [0.2, 0.25) is 0 Å². The third-order valence-corrected chi connectivity index (χ3v) is 2.34. The van der Waals surface area contributed by atoms with Crippen molar-refractivity contribution in [2.24, 2.45) is 5.92 Å². The number of hydrogen-bond donors (Lipinski definition) is 0. The van der Waals surface area contributed by atoms with Crippen molar-refractivity contribution in [3.8, 4) is 0 Å². The molecule has 1 unspecified atom stereocenters. The van der Waals surface area contributed by atoms with E-state index in [-0.39, 0.29) is 0 Å². The van der Waals surface area contributed by atoms with E-state index in [9.17, 15) is 0 Å². The Morgan fingerprint density at radius 3 is 3.00 bits per heavy atom. The molecule has 0 aliphatic carbocycles. The van der Waals surface area contributed by atoms with E-state index < -0.39 is 0 Å². The second kappa shape index (κ2) is 4.51. The maximum Gasteiger partial charge on any atom is 0.181 e. The van der Waals surface area contributed by atoms with Crippen molar-refractivity contribution in [3.63, 3.8) is 0 Å². The summed E-state index contributed by atoms with van der Waals surface area (Å²) in [6, 6.07) is 0. The smallest absolute Gasteiger partial charge is 0.181 e. The van der Waals surface area contributed by atoms with Gasteiger partial charge in [0.1, 0.15) is 5.76 Å². The Hall–Kier alpha value is -0.500. The Kier molecular flexibility index (Phi) is 3.60. The quantitative estimate of drug-likeness (QED) is 0.678. The Morgan fingerprint density at radius 2 is 2.42 bits per heavy atom. The fraction of sp³-hybridized carbons (Fsp3) is 0.667. The number of nitrogens with zero attached hydrogens (tertiary/aromatic N) is 1. The monoisotopic (exact) mass is 187 g/mol. The van der Waals surface area contributed by atoms with Gasteiger partial charge >= 0.3 is 0 Å². The van der Waals surface area contributed by atoms with E-state index in [1.165, 1.54) is 6.39 Å². The summed E-state index contributed by atoms with van der Waals surface area (Å²) in [6.45, 7) is 4.36. The summed E-state index contributed by atoms with van der Waals surface area (Å²) >= 11 is 5.68. The highest BCUT2D eigenvalue weighted by Crippen LogP contribution is 2.16. The maximum absolute atomic E-state index is 5.68. The molecule has 0 fully saturated rings. The Labute approximate surface area is 77.9 Å². The summed E-state index contributed by atoms with van der Waals surface area (Å²) in [5, 5.41) is 0. The van der Waals surface area contributed by atoms with Crippen molar-refractivity contribution in [2.45, 2.75) is 32.6 Å². The molecule has 68 valence electrons. The van der Waals surface area contributed by atoms with Crippen LogP contribution in [0.5, 0.6) is 0 Å². The molecule has 0 aromatic carbocycles. The molecule has 0 aliphatic rings. The molecule has 1 atom stereocenters. The lowest BCUT2D eigenvalue weighted by atomic mass is 10.0. The molecular formula is C9H14ClNO. The first-order valence-electron chi connectivity index (χ1n) is 4.25. The van der Waals surface area contributed by atoms with Crippen LogP contribution < -0.4 is 0 Å². The zero-order valence-electron chi connectivity index (χ0n) is 7.51. The van der Waals surface area contributed by atoms with E-state index in [1.54, 1.807) is 0 Å². The minimum absolute atomic E-state index is 0.447. The molecule has 1 aromatic rings. The topological polar surface area (TPSA) is 26.0 Å². The van der Waals surface area contributed by atoms with Gasteiger partial charge in [-0.15, -0.1) is 11.6 Å². The first-order chi connectivity index (χ1) is 5.77. The Morgan fingerprint density at radius 1 is 1.67 bits per heavy atom. The van der Waals surface area contributed by atoms with Crippen LogP contribution in [0.1, 0.15) is 31.7 Å². The molecule has 0 radical (unpaired) electrons. The predicted molar refractivity (Wildman–Crippen MR) is 49.2 cm³/mol. The van der Waals surface area contributed by atoms with Crippen molar-refractivity contribution < 1.29 is 4.42 Å². The van der Waals surface area contributed by atoms with E-state index in [0.717, 1.165) is 24.3 Å². The van der Waals surface area contributed by atoms with Crippen molar-refractivity contribution in [1.82, 2.24) is 4.98 Å². The van der Waals surface area contributed by atoms with Crippen molar-refractivity contribution in [1.29, 1.82) is 0 Å². The summed E-state index contributed by atoms with van der Waals surface area (Å²) in [6.07, 6.45) is 3.57. The van der Waals surface area contributed by atoms with Crippen LogP contribution in [0.15, 0.2) is 10.8 Å². The van der Waals surface area contributed by atoms with Crippen LogP contribution in [0.3, 0.4) is 0 Å². The lowest BCUT2D eigenvalue weighted by Crippen LogP contribution is -1.98. The van der Waals surface area contributed by atoms with Gasteiger partial charge in [0.25, 0.3) is 0 Å². The normalized spacial score (nSPS) is 13.2. The molecule has 1 aromatic heterocycles. The molecule has 3 heteroatoms. The summed E-state index contributed by atoms with van der Waals surface area (Å²) in [4.78, 5) is 4.02. The van der Waals surface area contributed by atoms with Crippen LogP contribution in [0.25, 0.3) is 0 Å². The number of oxazole rings is 1. The van der Waals surface area contributed by atoms with Gasteiger partial charge in [-0.25, -0.2) is 4.98 Å². The van der Waals surface area contributed by atoms with E-state index in [4.69, 9.17) is 16.0 Å². The molecule has 0 aliphatic heterocycles. The van der Waals surface area contributed by atoms with Crippen LogP contribution >= 0.6 is 11.6 Å². The molecule has 0 amide bonds. The second-order valence-corrected chi connectivity index (χ2v) is 3.34. The van der Waals surface area contributed by atoms with Gasteiger partial charge in [-0.3, -0.25) is 0 Å². The van der Waals surface area contributed by atoms with Gasteiger partial charge in [-0.1, -0.05) is 20.3 Å². The van der Waals surface area contributed by atoms with Crippen molar-refractivity contribution in [2.75, 3.05) is 0 Å². The molecule has 1 heterocycles. The fourth-order valence-corrected chi connectivity index (χ4v) is 1.25. The fourth-order valence-electron chi connectivity index (χ4n) is 1.03. The molecule has 0 spiro atoms. The van der Waals surface area contributed by atoms with E-state index in [1.807, 2.05) is 0 Å². The molecule has 0 saturated heterocycles. The highest BCUT2D eigenvalue weighted by atomic mass is 35.5. The van der Waals surface area contributed by atoms with Crippen LogP contribution in [0, 0.1) is 5.92 Å². The number of aromatic nitrogens is 1. The Bertz CT molecular complexity index is 234. The number of rotatable bonds is 4. The molecule has 0 saturated carbocycles. The standard InChI is InChI=1S/C9H14ClNO/c1-3-7(2)4-9-8(5-10)11-6-12-9/h6-7H,3-5H2,1-2H3. The van der Waals surface area contributed by atoms with E-state index >= 15 is 0 Å². The van der Waals surface area contributed by atoms with Crippen LogP contribution in [0.4, 0.5) is 0 Å². The first-order valence-corrected chi connectivity index (χ1v) is 4.78. The molecule has 2 nitrogen and oxygen atoms in total. The zero-order chi connectivity index (χ0) is 8.97. The van der Waals surface area contributed by atoms with Gasteiger partial charge in [0.05, 0.1) is 11.6 Å². The average molecular weight is 188 g/mol. The van der Waals surface area contributed by atoms with Gasteiger partial charge in [0.2, 0.25) is 0 Å². The minimum atomic E-state index is 0.447. The first kappa shape index (κ1) is 9.59. The van der Waals surface area contributed by atoms with Crippen molar-refractivity contribution in [3.05, 3.63) is 17.8 Å². The summed E-state index contributed by atoms with van der Waals surface area (Å²) < 4.78 is 5.23. The van der Waals surface area contributed by atoms with Gasteiger partial charge in [0, 0.05) is 6.42 Å². The summed E-state index contributed by atoms with van der Waals surface area (Å²) in [5.74, 6) is 2.03. The highest BCUT2D eigenvalue weighted by molar-refractivity contribution is 6.16. The molecule has 0 bridgehead atoms. The molecular weight excluding hydrogens is 174 g/mol. The van der Waals surface area contributed by atoms with E-state index in [2.05, 4.69) is 18.8 Å². The third kappa shape index (κ3) is 2.24. The molecule has 0 N–H and O–H groups in total. The SMILES string of the molecule is CCC(C)Cc1ocnc1CCl. The van der Waals surface area contributed by atoms with Crippen LogP contribution in [-0.4, -0.2) is 4.98 Å². The summed E-state index contributed by atoms with van der Waals surface area (Å²) in [7, 11) is 0. The Balaban J connectivity index is 2.61. The molecule has 12 heavy (non-hydrogen) atoms. The minimum Gasteiger partial charge on any atom is -0.448 e. The third-order valence-electron chi connectivity index (χ3n) is 2.08. The van der Waals surface area contributed by atoms with Gasteiger partial charge < -0.3 is 4.42 Å². The predicted octanol–water partition coefficient (Wildman–Crippen LogP) is 3.00. The average Bonchev–Trinajstić information content (AvgIpc) is 2.51. The van der Waals surface area contributed by atoms with Gasteiger partial charge in [0.15, 0.2) is 6.39 Å². The maximum atomic E-state index is 5.68. The number of hydrogen-bond acceptors (Lipinski definition) is 2. The van der Waals surface area contributed by atoms with E-state index in [0.29, 0.717) is 11.8 Å². The second-order valence-electron chi connectivity index (χ2n) is 3.07. The van der Waals surface area contributed by atoms with Gasteiger partial charge in [-0.2, -0.15) is 0 Å². The molecule has 1 rings (SSSR count). The summed E-state index contributed by atoms with van der Waals surface area (Å²) in [5.41, 5.74) is 0.886. The number of alkyl halides is 1. The lowest BCUT2D eigenvalue weighted by Gasteiger charge is -2.05. The number of halogens is 1. The van der Waals surface area contributed by atoms with Gasteiger partial charge in [-0.05, 0) is 5.92 Å².